The molecule has 0 fully saturated rings. The predicted octanol–water partition coefficient (Wildman–Crippen LogP) is 2.12. The van der Waals surface area contributed by atoms with Gasteiger partial charge in [-0.1, -0.05) is 11.3 Å². The van der Waals surface area contributed by atoms with Crippen LogP contribution in [0.4, 0.5) is 0 Å². The van der Waals surface area contributed by atoms with Gasteiger partial charge >= 0.3 is 4.87 Å². The lowest BCUT2D eigenvalue weighted by molar-refractivity contribution is 0.302. The maximum absolute atomic E-state index is 11.4. The minimum absolute atomic E-state index is 0.0353. The summed E-state index contributed by atoms with van der Waals surface area (Å²) in [6, 6.07) is 3.80. The van der Waals surface area contributed by atoms with Crippen LogP contribution in [-0.4, -0.2) is 25.7 Å². The van der Waals surface area contributed by atoms with E-state index in [0.717, 1.165) is 35.6 Å². The van der Waals surface area contributed by atoms with Gasteiger partial charge in [0.05, 0.1) is 12.0 Å². The largest absolute Gasteiger partial charge is 0.494 e. The fraction of sp³-hybridized carbons (Fsp3) is 0.286. The Balaban J connectivity index is 1.51. The molecule has 0 amide bonds. The Morgan fingerprint density at radius 1 is 1.33 bits per heavy atom. The molecule has 110 valence electrons. The van der Waals surface area contributed by atoms with Crippen molar-refractivity contribution < 1.29 is 9.84 Å². The quantitative estimate of drug-likeness (QED) is 0.708. The molecule has 1 N–H and O–H groups in total. The minimum Gasteiger partial charge on any atom is -0.494 e. The molecular weight excluding hydrogens is 290 g/mol. The van der Waals surface area contributed by atoms with Gasteiger partial charge in [0.1, 0.15) is 0 Å². The number of aromatic nitrogens is 3. The molecule has 0 aromatic carbocycles. The lowest BCUT2D eigenvalue weighted by Gasteiger charge is -2.07. The molecule has 3 aromatic heterocycles. The Kier molecular flexibility index (Phi) is 3.92. The van der Waals surface area contributed by atoms with Crippen LogP contribution < -0.4 is 9.61 Å². The summed E-state index contributed by atoms with van der Waals surface area (Å²) in [5, 5.41) is 10.9. The average Bonchev–Trinajstić information content (AvgIpc) is 3.08. The van der Waals surface area contributed by atoms with Crippen LogP contribution in [0.1, 0.15) is 12.8 Å². The number of unbranched alkanes of at least 4 members (excludes halogenated alkanes) is 1. The number of nitrogens with zero attached hydrogens (tertiary/aromatic N) is 3. The molecule has 0 saturated heterocycles. The summed E-state index contributed by atoms with van der Waals surface area (Å²) >= 11 is 1.01. The third kappa shape index (κ3) is 2.92. The summed E-state index contributed by atoms with van der Waals surface area (Å²) in [4.78, 5) is 15.5. The van der Waals surface area contributed by atoms with E-state index < -0.39 is 0 Å². The maximum atomic E-state index is 11.4. The van der Waals surface area contributed by atoms with E-state index in [0.29, 0.717) is 13.2 Å². The van der Waals surface area contributed by atoms with E-state index in [2.05, 4.69) is 4.98 Å². The summed E-state index contributed by atoms with van der Waals surface area (Å²) in [6.07, 6.45) is 7.08. The first-order chi connectivity index (χ1) is 10.3. The minimum atomic E-state index is -0.129. The molecule has 3 heterocycles. The van der Waals surface area contributed by atoms with E-state index >= 15 is 0 Å². The van der Waals surface area contributed by atoms with E-state index in [1.165, 1.54) is 9.95 Å². The molecule has 0 aliphatic heterocycles. The van der Waals surface area contributed by atoms with Crippen LogP contribution in [0.2, 0.25) is 0 Å². The molecule has 3 rings (SSSR count). The molecule has 0 aliphatic carbocycles. The van der Waals surface area contributed by atoms with Crippen molar-refractivity contribution in [2.24, 2.45) is 0 Å². The third-order valence-electron chi connectivity index (χ3n) is 3.18. The second-order valence-corrected chi connectivity index (χ2v) is 5.42. The zero-order valence-electron chi connectivity index (χ0n) is 11.3. The molecule has 0 bridgehead atoms. The van der Waals surface area contributed by atoms with Crippen molar-refractivity contribution in [1.82, 2.24) is 14.0 Å². The summed E-state index contributed by atoms with van der Waals surface area (Å²) in [7, 11) is 0. The van der Waals surface area contributed by atoms with Gasteiger partial charge < -0.3 is 14.2 Å². The molecule has 0 aliphatic rings. The highest BCUT2D eigenvalue weighted by Gasteiger charge is 2.05. The number of hydrogen-bond donors (Lipinski definition) is 1. The van der Waals surface area contributed by atoms with Gasteiger partial charge in [-0.05, 0) is 25.0 Å². The molecular formula is C14H15N3O3S. The lowest BCUT2D eigenvalue weighted by Crippen LogP contribution is -2.13. The van der Waals surface area contributed by atoms with E-state index in [1.54, 1.807) is 6.20 Å². The topological polar surface area (TPSA) is 68.8 Å². The van der Waals surface area contributed by atoms with Crippen LogP contribution in [0.15, 0.2) is 40.9 Å². The van der Waals surface area contributed by atoms with Gasteiger partial charge in [-0.2, -0.15) is 0 Å². The second kappa shape index (κ2) is 6.01. The average molecular weight is 305 g/mol. The number of hydrogen-bond acceptors (Lipinski definition) is 5. The molecule has 6 nitrogen and oxygen atoms in total. The molecule has 0 spiro atoms. The number of ether oxygens (including phenoxy) is 1. The van der Waals surface area contributed by atoms with Gasteiger partial charge in [0.2, 0.25) is 5.88 Å². The summed E-state index contributed by atoms with van der Waals surface area (Å²) in [6.45, 7) is 1.05. The number of pyridine rings is 1. The SMILES string of the molecule is O=c1scc(O)n1CCCCOc1cccn2ccnc12. The highest BCUT2D eigenvalue weighted by Crippen LogP contribution is 2.17. The number of imidazole rings is 1. The Labute approximate surface area is 124 Å². The van der Waals surface area contributed by atoms with Crippen LogP contribution in [0.5, 0.6) is 11.6 Å². The van der Waals surface area contributed by atoms with Gasteiger partial charge in [0, 0.05) is 25.1 Å². The zero-order chi connectivity index (χ0) is 14.7. The lowest BCUT2D eigenvalue weighted by atomic mass is 10.3. The van der Waals surface area contributed by atoms with Crippen molar-refractivity contribution in [2.75, 3.05) is 6.61 Å². The Bertz CT molecular complexity index is 790. The first-order valence-electron chi connectivity index (χ1n) is 6.67. The molecule has 7 heteroatoms. The van der Waals surface area contributed by atoms with Crippen molar-refractivity contribution in [1.29, 1.82) is 0 Å². The van der Waals surface area contributed by atoms with Crippen LogP contribution >= 0.6 is 11.3 Å². The Hall–Kier alpha value is -2.28. The highest BCUT2D eigenvalue weighted by molar-refractivity contribution is 7.07. The fourth-order valence-electron chi connectivity index (χ4n) is 2.12. The van der Waals surface area contributed by atoms with E-state index in [4.69, 9.17) is 4.74 Å². The van der Waals surface area contributed by atoms with E-state index in [9.17, 15) is 9.90 Å². The normalized spacial score (nSPS) is 11.0. The fourth-order valence-corrected chi connectivity index (χ4v) is 2.76. The molecule has 0 saturated carbocycles. The van der Waals surface area contributed by atoms with Crippen molar-refractivity contribution >= 4 is 17.0 Å². The second-order valence-electron chi connectivity index (χ2n) is 4.60. The Morgan fingerprint density at radius 2 is 2.24 bits per heavy atom. The first kappa shape index (κ1) is 13.7. The third-order valence-corrected chi connectivity index (χ3v) is 3.93. The van der Waals surface area contributed by atoms with E-state index in [1.807, 2.05) is 28.9 Å². The van der Waals surface area contributed by atoms with Gasteiger partial charge in [-0.25, -0.2) is 4.98 Å². The van der Waals surface area contributed by atoms with Gasteiger partial charge in [-0.15, -0.1) is 0 Å². The van der Waals surface area contributed by atoms with Crippen molar-refractivity contribution in [2.45, 2.75) is 19.4 Å². The van der Waals surface area contributed by atoms with Crippen LogP contribution in [0.3, 0.4) is 0 Å². The van der Waals surface area contributed by atoms with Gasteiger partial charge in [0.25, 0.3) is 0 Å². The number of fused-ring (bicyclic) bond motifs is 1. The molecule has 3 aromatic rings. The Morgan fingerprint density at radius 3 is 3.05 bits per heavy atom. The molecule has 0 radical (unpaired) electrons. The number of aromatic hydroxyl groups is 1. The summed E-state index contributed by atoms with van der Waals surface area (Å²) in [5.41, 5.74) is 0.796. The monoisotopic (exact) mass is 305 g/mol. The van der Waals surface area contributed by atoms with Crippen molar-refractivity contribution in [3.8, 4) is 11.6 Å². The molecule has 0 unspecified atom stereocenters. The molecule has 0 atom stereocenters. The van der Waals surface area contributed by atoms with Crippen molar-refractivity contribution in [3.05, 3.63) is 45.8 Å². The molecule has 21 heavy (non-hydrogen) atoms. The van der Waals surface area contributed by atoms with Crippen LogP contribution in [0.25, 0.3) is 5.65 Å². The van der Waals surface area contributed by atoms with E-state index in [-0.39, 0.29) is 10.8 Å². The summed E-state index contributed by atoms with van der Waals surface area (Å²) < 4.78 is 9.00. The number of rotatable bonds is 6. The smallest absolute Gasteiger partial charge is 0.309 e. The maximum Gasteiger partial charge on any atom is 0.309 e. The standard InChI is InChI=1S/C14H15N3O3S/c18-12-10-21-14(19)17(12)7-1-2-9-20-11-4-3-6-16-8-5-15-13(11)16/h3-6,8,10,18H,1-2,7,9H2. The van der Waals surface area contributed by atoms with Gasteiger partial charge in [0.15, 0.2) is 11.4 Å². The van der Waals surface area contributed by atoms with Crippen molar-refractivity contribution in [3.63, 3.8) is 0 Å². The van der Waals surface area contributed by atoms with Gasteiger partial charge in [-0.3, -0.25) is 9.36 Å². The first-order valence-corrected chi connectivity index (χ1v) is 7.55. The van der Waals surface area contributed by atoms with Crippen LogP contribution in [-0.2, 0) is 6.54 Å². The number of thiazole rings is 1. The predicted molar refractivity (Wildman–Crippen MR) is 80.2 cm³/mol. The zero-order valence-corrected chi connectivity index (χ0v) is 12.1. The highest BCUT2D eigenvalue weighted by atomic mass is 32.1. The summed E-state index contributed by atoms with van der Waals surface area (Å²) in [5.74, 6) is 0.783. The van der Waals surface area contributed by atoms with Crippen LogP contribution in [0, 0.1) is 0 Å².